The molecule has 0 radical (unpaired) electrons. The first kappa shape index (κ1) is 33.0. The predicted octanol–water partition coefficient (Wildman–Crippen LogP) is 16.0. The second kappa shape index (κ2) is 12.4. The molecular weight excluding hydrogens is 701 g/mol. The maximum atomic E-state index is 6.61. The van der Waals surface area contributed by atoms with Gasteiger partial charge >= 0.3 is 0 Å². The molecule has 1 nitrogen and oxygen atoms in total. The number of para-hydroxylation sites is 2. The van der Waals surface area contributed by atoms with E-state index in [-0.39, 0.29) is 5.41 Å². The van der Waals surface area contributed by atoms with Crippen LogP contribution in [0.2, 0.25) is 0 Å². The fourth-order valence-corrected chi connectivity index (χ4v) is 10.4. The average Bonchev–Trinajstić information content (AvgIpc) is 3.77. The third-order valence-corrected chi connectivity index (χ3v) is 12.8. The van der Waals surface area contributed by atoms with Crippen molar-refractivity contribution >= 4 is 54.3 Å². The van der Waals surface area contributed by atoms with E-state index in [9.17, 15) is 0 Å². The monoisotopic (exact) mass is 738 g/mol. The van der Waals surface area contributed by atoms with E-state index in [0.717, 1.165) is 33.1 Å². The highest BCUT2D eigenvalue weighted by Gasteiger charge is 2.38. The largest absolute Gasteiger partial charge is 0.455 e. The van der Waals surface area contributed by atoms with Gasteiger partial charge in [-0.05, 0) is 106 Å². The molecule has 0 amide bonds. The second-order valence-corrected chi connectivity index (χ2v) is 16.3. The molecule has 0 N–H and O–H groups in total. The molecule has 0 spiro atoms. The Morgan fingerprint density at radius 3 is 1.67 bits per heavy atom. The van der Waals surface area contributed by atoms with Crippen LogP contribution in [0.1, 0.15) is 25.0 Å². The number of hydrogen-bond donors (Lipinski definition) is 0. The maximum Gasteiger partial charge on any atom is 0.143 e. The summed E-state index contributed by atoms with van der Waals surface area (Å²) in [5, 5.41) is 9.85. The van der Waals surface area contributed by atoms with Crippen molar-refractivity contribution in [3.63, 3.8) is 0 Å². The van der Waals surface area contributed by atoms with Gasteiger partial charge in [-0.3, -0.25) is 0 Å². The molecular formula is C57H38O. The molecule has 0 saturated carbocycles. The molecule has 0 fully saturated rings. The second-order valence-electron chi connectivity index (χ2n) is 16.3. The highest BCUT2D eigenvalue weighted by Crippen LogP contribution is 2.55. The van der Waals surface area contributed by atoms with Crippen molar-refractivity contribution in [2.24, 2.45) is 0 Å². The summed E-state index contributed by atoms with van der Waals surface area (Å²) in [4.78, 5) is 0. The van der Waals surface area contributed by atoms with Crippen LogP contribution in [-0.4, -0.2) is 0 Å². The van der Waals surface area contributed by atoms with Crippen LogP contribution in [0.3, 0.4) is 0 Å². The van der Waals surface area contributed by atoms with Crippen LogP contribution in [0.4, 0.5) is 0 Å². The molecule has 272 valence electrons. The Morgan fingerprint density at radius 1 is 0.345 bits per heavy atom. The van der Waals surface area contributed by atoms with Gasteiger partial charge in [0.15, 0.2) is 0 Å². The van der Waals surface area contributed by atoms with Gasteiger partial charge in [0.1, 0.15) is 11.2 Å². The first-order valence-corrected chi connectivity index (χ1v) is 20.3. The molecule has 1 aliphatic rings. The Hall–Kier alpha value is -7.22. The number of rotatable bonds is 4. The van der Waals surface area contributed by atoms with E-state index in [0.29, 0.717) is 0 Å². The van der Waals surface area contributed by atoms with Gasteiger partial charge in [-0.25, -0.2) is 0 Å². The summed E-state index contributed by atoms with van der Waals surface area (Å²) in [6.45, 7) is 4.78. The summed E-state index contributed by atoms with van der Waals surface area (Å²) in [6.07, 6.45) is 0. The molecule has 11 aromatic rings. The SMILES string of the molecule is CC1(C)c2cccc(-c3cccc(-c4c5ccccc5c(-c5ccccc5-c5cccc6c5oc5ccccc56)c5ccccc45)c3)c2-c2ccc3ccccc3c21. The predicted molar refractivity (Wildman–Crippen MR) is 246 cm³/mol. The third kappa shape index (κ3) is 4.65. The summed E-state index contributed by atoms with van der Waals surface area (Å²) < 4.78 is 6.61. The molecule has 0 bridgehead atoms. The van der Waals surface area contributed by atoms with Crippen LogP contribution in [-0.2, 0) is 5.41 Å². The topological polar surface area (TPSA) is 13.1 Å². The van der Waals surface area contributed by atoms with Gasteiger partial charge < -0.3 is 4.42 Å². The Kier molecular flexibility index (Phi) is 7.04. The maximum absolute atomic E-state index is 6.61. The third-order valence-electron chi connectivity index (χ3n) is 12.8. The lowest BCUT2D eigenvalue weighted by Crippen LogP contribution is -2.15. The van der Waals surface area contributed by atoms with Crippen molar-refractivity contribution in [1.29, 1.82) is 0 Å². The molecule has 0 unspecified atom stereocenters. The van der Waals surface area contributed by atoms with E-state index in [1.807, 2.05) is 6.07 Å². The van der Waals surface area contributed by atoms with Crippen LogP contribution in [0.15, 0.2) is 199 Å². The zero-order chi connectivity index (χ0) is 38.5. The van der Waals surface area contributed by atoms with Crippen LogP contribution in [0.25, 0.3) is 110 Å². The summed E-state index contributed by atoms with van der Waals surface area (Å²) in [6, 6.07) is 71.3. The Labute approximate surface area is 337 Å². The van der Waals surface area contributed by atoms with Crippen molar-refractivity contribution in [3.05, 3.63) is 205 Å². The summed E-state index contributed by atoms with van der Waals surface area (Å²) in [5.74, 6) is 0. The van der Waals surface area contributed by atoms with E-state index < -0.39 is 0 Å². The summed E-state index contributed by atoms with van der Waals surface area (Å²) in [7, 11) is 0. The number of hydrogen-bond acceptors (Lipinski definition) is 1. The molecule has 1 heteroatoms. The van der Waals surface area contributed by atoms with Gasteiger partial charge in [-0.1, -0.05) is 196 Å². The van der Waals surface area contributed by atoms with Gasteiger partial charge in [0, 0.05) is 21.8 Å². The van der Waals surface area contributed by atoms with E-state index in [4.69, 9.17) is 4.42 Å². The van der Waals surface area contributed by atoms with Gasteiger partial charge in [-0.15, -0.1) is 0 Å². The minimum atomic E-state index is -0.117. The molecule has 12 rings (SSSR count). The normalized spacial score (nSPS) is 13.1. The van der Waals surface area contributed by atoms with E-state index in [1.165, 1.54) is 88.0 Å². The van der Waals surface area contributed by atoms with Crippen LogP contribution >= 0.6 is 0 Å². The van der Waals surface area contributed by atoms with Crippen molar-refractivity contribution in [3.8, 4) is 55.6 Å². The lowest BCUT2D eigenvalue weighted by molar-refractivity contribution is 0.666. The van der Waals surface area contributed by atoms with Crippen molar-refractivity contribution in [2.75, 3.05) is 0 Å². The lowest BCUT2D eigenvalue weighted by atomic mass is 9.80. The van der Waals surface area contributed by atoms with Gasteiger partial charge in [0.25, 0.3) is 0 Å². The molecule has 58 heavy (non-hydrogen) atoms. The first-order chi connectivity index (χ1) is 28.6. The average molecular weight is 739 g/mol. The van der Waals surface area contributed by atoms with Crippen molar-refractivity contribution in [2.45, 2.75) is 19.3 Å². The molecule has 1 heterocycles. The van der Waals surface area contributed by atoms with Crippen LogP contribution < -0.4 is 0 Å². The Balaban J connectivity index is 1.08. The fraction of sp³-hybridized carbons (Fsp3) is 0.0526. The summed E-state index contributed by atoms with van der Waals surface area (Å²) in [5.41, 5.74) is 16.9. The van der Waals surface area contributed by atoms with Gasteiger partial charge in [0.05, 0.1) is 0 Å². The zero-order valence-electron chi connectivity index (χ0n) is 32.4. The fourth-order valence-electron chi connectivity index (χ4n) is 10.4. The first-order valence-electron chi connectivity index (χ1n) is 20.3. The van der Waals surface area contributed by atoms with Gasteiger partial charge in [-0.2, -0.15) is 0 Å². The molecule has 1 aromatic heterocycles. The van der Waals surface area contributed by atoms with Crippen LogP contribution in [0.5, 0.6) is 0 Å². The molecule has 1 aliphatic carbocycles. The van der Waals surface area contributed by atoms with Crippen LogP contribution in [0, 0.1) is 0 Å². The Bertz CT molecular complexity index is 3430. The highest BCUT2D eigenvalue weighted by atomic mass is 16.3. The molecule has 0 atom stereocenters. The van der Waals surface area contributed by atoms with Crippen molar-refractivity contribution < 1.29 is 4.42 Å². The van der Waals surface area contributed by atoms with Crippen molar-refractivity contribution in [1.82, 2.24) is 0 Å². The molecule has 0 aliphatic heterocycles. The standard InChI is InChI=1S/C57H38O/c1-57(2)50-30-15-27-38(54(50)49-33-32-35-16-3-4-19-39(35)55(49)57)36-17-13-18-37(34-36)52-43-23-7-9-25-45(43)53(46-26-10-8-24-44(46)52)42-22-6-5-20-40(42)47-28-14-29-48-41-21-11-12-31-51(41)58-56(47)48/h3-34H,1-2H3. The van der Waals surface area contributed by atoms with Gasteiger partial charge in [0.2, 0.25) is 0 Å². The minimum Gasteiger partial charge on any atom is -0.455 e. The Morgan fingerprint density at radius 2 is 0.897 bits per heavy atom. The molecule has 0 saturated heterocycles. The zero-order valence-corrected chi connectivity index (χ0v) is 32.4. The molecule has 10 aromatic carbocycles. The smallest absolute Gasteiger partial charge is 0.143 e. The van der Waals surface area contributed by atoms with E-state index >= 15 is 0 Å². The summed E-state index contributed by atoms with van der Waals surface area (Å²) >= 11 is 0. The number of furan rings is 1. The van der Waals surface area contributed by atoms with E-state index in [1.54, 1.807) is 0 Å². The lowest BCUT2D eigenvalue weighted by Gasteiger charge is -2.23. The van der Waals surface area contributed by atoms with E-state index in [2.05, 4.69) is 202 Å². The quantitative estimate of drug-likeness (QED) is 0.164. The highest BCUT2D eigenvalue weighted by molar-refractivity contribution is 6.23. The minimum absolute atomic E-state index is 0.117. The number of fused-ring (bicyclic) bond motifs is 10. The number of benzene rings is 10.